The van der Waals surface area contributed by atoms with Crippen molar-refractivity contribution in [2.24, 2.45) is 0 Å². The van der Waals surface area contributed by atoms with Gasteiger partial charge in [0.05, 0.1) is 40.3 Å². The van der Waals surface area contributed by atoms with E-state index in [1.807, 2.05) is 21.1 Å². The van der Waals surface area contributed by atoms with Gasteiger partial charge in [0.1, 0.15) is 13.2 Å². The summed E-state index contributed by atoms with van der Waals surface area (Å²) < 4.78 is 22.7. The van der Waals surface area contributed by atoms with E-state index in [1.165, 1.54) is 109 Å². The number of esters is 2. The minimum Gasteiger partial charge on any atom is -0.545 e. The predicted molar refractivity (Wildman–Crippen MR) is 333 cm³/mol. The summed E-state index contributed by atoms with van der Waals surface area (Å²) in [7, 11) is 5.91. The van der Waals surface area contributed by atoms with E-state index in [4.69, 9.17) is 18.9 Å². The fraction of sp³-hybridized carbons (Fsp3) is 0.671. The molecule has 9 nitrogen and oxygen atoms in total. The Bertz CT molecular complexity index is 1710. The van der Waals surface area contributed by atoms with E-state index in [9.17, 15) is 19.5 Å². The van der Waals surface area contributed by atoms with Crippen molar-refractivity contribution in [1.82, 2.24) is 0 Å². The zero-order valence-corrected chi connectivity index (χ0v) is 51.2. The van der Waals surface area contributed by atoms with Crippen molar-refractivity contribution in [3.63, 3.8) is 0 Å². The molecule has 0 spiro atoms. The first-order valence-corrected chi connectivity index (χ1v) is 31.7. The number of carbonyl (C=O) groups excluding carboxylic acids is 3. The lowest BCUT2D eigenvalue weighted by atomic mass is 10.0. The number of hydrogen-bond donors (Lipinski definition) is 0. The van der Waals surface area contributed by atoms with Crippen LogP contribution in [-0.4, -0.2) is 82.3 Å². The summed E-state index contributed by atoms with van der Waals surface area (Å²) >= 11 is 0. The Kier molecular flexibility index (Phi) is 56.5. The van der Waals surface area contributed by atoms with E-state index in [2.05, 4.69) is 135 Å². The topological polar surface area (TPSA) is 111 Å². The molecule has 2 atom stereocenters. The van der Waals surface area contributed by atoms with Gasteiger partial charge in [-0.2, -0.15) is 0 Å². The number of aliphatic carboxylic acids is 1. The van der Waals surface area contributed by atoms with Crippen molar-refractivity contribution in [2.75, 3.05) is 47.5 Å². The van der Waals surface area contributed by atoms with Crippen LogP contribution in [0.4, 0.5) is 0 Å². The van der Waals surface area contributed by atoms with Gasteiger partial charge in [0, 0.05) is 12.8 Å². The maximum atomic E-state index is 12.9. The van der Waals surface area contributed by atoms with Crippen LogP contribution in [0, 0.1) is 0 Å². The second-order valence-electron chi connectivity index (χ2n) is 22.0. The molecule has 0 rings (SSSR count). The van der Waals surface area contributed by atoms with Crippen molar-refractivity contribution >= 4 is 17.9 Å². The van der Waals surface area contributed by atoms with Gasteiger partial charge in [0.15, 0.2) is 12.4 Å². The van der Waals surface area contributed by atoms with Gasteiger partial charge in [0.25, 0.3) is 0 Å². The lowest BCUT2D eigenvalue weighted by Crippen LogP contribution is -2.44. The first-order chi connectivity index (χ1) is 38.6. The van der Waals surface area contributed by atoms with Gasteiger partial charge in [-0.1, -0.05) is 245 Å². The minimum absolute atomic E-state index is 0.136. The van der Waals surface area contributed by atoms with Crippen LogP contribution in [0.2, 0.25) is 0 Å². The number of carboxylic acid groups (broad SMARTS) is 1. The third kappa shape index (κ3) is 61.2. The number of rotatable bonds is 57. The summed E-state index contributed by atoms with van der Waals surface area (Å²) in [5, 5.41) is 11.8. The molecule has 0 aromatic carbocycles. The van der Waals surface area contributed by atoms with Gasteiger partial charge in [-0.15, -0.1) is 0 Å². The number of carbonyl (C=O) groups is 3. The summed E-state index contributed by atoms with van der Waals surface area (Å²) in [4.78, 5) is 37.4. The molecule has 9 heteroatoms. The van der Waals surface area contributed by atoms with Crippen LogP contribution in [-0.2, 0) is 33.3 Å². The lowest BCUT2D eigenvalue weighted by Gasteiger charge is -2.26. The Balaban J connectivity index is 4.29. The first-order valence-electron chi connectivity index (χ1n) is 31.7. The number of hydrogen-bond acceptors (Lipinski definition) is 8. The molecular weight excluding hydrogens is 983 g/mol. The van der Waals surface area contributed by atoms with Gasteiger partial charge >= 0.3 is 11.9 Å². The molecule has 2 unspecified atom stereocenters. The summed E-state index contributed by atoms with van der Waals surface area (Å²) in [6, 6.07) is 0. The molecule has 0 saturated heterocycles. The predicted octanol–water partition coefficient (Wildman–Crippen LogP) is 17.9. The highest BCUT2D eigenvalue weighted by Crippen LogP contribution is 2.15. The smallest absolute Gasteiger partial charge is 0.306 e. The highest BCUT2D eigenvalue weighted by molar-refractivity contribution is 5.70. The molecule has 0 aromatic heterocycles. The Labute approximate surface area is 485 Å². The minimum atomic E-state index is -1.64. The largest absolute Gasteiger partial charge is 0.545 e. The average molecular weight is 1100 g/mol. The quantitative estimate of drug-likeness (QED) is 0.0195. The van der Waals surface area contributed by atoms with E-state index in [1.54, 1.807) is 0 Å². The Morgan fingerprint density at radius 2 is 0.722 bits per heavy atom. The zero-order chi connectivity index (χ0) is 57.6. The molecule has 0 fully saturated rings. The zero-order valence-electron chi connectivity index (χ0n) is 51.2. The molecule has 0 amide bonds. The number of allylic oxidation sites excluding steroid dienone is 20. The maximum absolute atomic E-state index is 12.9. The van der Waals surface area contributed by atoms with Gasteiger partial charge in [-0.05, 0) is 109 Å². The molecule has 0 aliphatic carbocycles. The fourth-order valence-corrected chi connectivity index (χ4v) is 8.35. The Morgan fingerprint density at radius 3 is 1.08 bits per heavy atom. The number of carboxylic acids is 1. The molecule has 0 aromatic rings. The first kappa shape index (κ1) is 74.7. The molecular formula is C70H117NO8. The van der Waals surface area contributed by atoms with Crippen molar-refractivity contribution in [3.05, 3.63) is 122 Å². The second-order valence-corrected chi connectivity index (χ2v) is 22.0. The van der Waals surface area contributed by atoms with E-state index >= 15 is 0 Å². The van der Waals surface area contributed by atoms with Gasteiger partial charge in [-0.25, -0.2) is 0 Å². The molecule has 0 radical (unpaired) electrons. The third-order valence-electron chi connectivity index (χ3n) is 13.2. The average Bonchev–Trinajstić information content (AvgIpc) is 3.42. The van der Waals surface area contributed by atoms with Crippen LogP contribution >= 0.6 is 0 Å². The van der Waals surface area contributed by atoms with Crippen LogP contribution in [0.15, 0.2) is 122 Å². The van der Waals surface area contributed by atoms with Gasteiger partial charge in [-0.3, -0.25) is 9.59 Å². The fourth-order valence-electron chi connectivity index (χ4n) is 8.35. The number of ether oxygens (including phenoxy) is 4. The molecule has 0 heterocycles. The Morgan fingerprint density at radius 1 is 0.392 bits per heavy atom. The normalized spacial score (nSPS) is 13.6. The summed E-state index contributed by atoms with van der Waals surface area (Å²) in [5.74, 6) is -2.33. The van der Waals surface area contributed by atoms with Crippen molar-refractivity contribution in [1.29, 1.82) is 0 Å². The molecule has 79 heavy (non-hydrogen) atoms. The van der Waals surface area contributed by atoms with E-state index in [-0.39, 0.29) is 38.6 Å². The van der Waals surface area contributed by atoms with Gasteiger partial charge in [0.2, 0.25) is 0 Å². The van der Waals surface area contributed by atoms with Crippen molar-refractivity contribution in [2.45, 2.75) is 257 Å². The van der Waals surface area contributed by atoms with Crippen molar-refractivity contribution in [3.8, 4) is 0 Å². The standard InChI is InChI=1S/C70H117NO8/c1-6-8-10-12-14-16-18-20-22-24-26-28-30-32-33-34-35-37-39-41-43-45-47-49-51-53-55-57-59-61-68(73)79-66(65-78-70(69(74)75)76-63-62-71(3,4)5)64-77-67(72)60-58-56-54-52-50-48-46-44-42-40-38-36-31-29-27-25-23-21-19-17-15-13-11-9-7-2/h8,10,14,16,19-22,25-28,32-33,35,37,41,43,47,49,66,70H,6-7,9,11-13,15,17-18,23-24,29-31,34,36,38-40,42,44-46,48,50-65H2,1-5H3/b10-8-,16-14-,21-19-,22-20-,27-25-,28-26-,33-32-,37-35-,43-41-,49-47-. The molecule has 0 aliphatic rings. The molecule has 0 aliphatic heterocycles. The van der Waals surface area contributed by atoms with E-state index in [0.717, 1.165) is 103 Å². The number of likely N-dealkylation sites (N-methyl/N-ethyl adjacent to an activating group) is 1. The summed E-state index contributed by atoms with van der Waals surface area (Å²) in [6.07, 6.45) is 81.1. The second kappa shape index (κ2) is 59.8. The van der Waals surface area contributed by atoms with Crippen LogP contribution in [0.5, 0.6) is 0 Å². The number of unbranched alkanes of at least 4 members (excludes halogenated alkanes) is 22. The molecule has 450 valence electrons. The number of nitrogens with zero attached hydrogens (tertiary/aromatic N) is 1. The van der Waals surface area contributed by atoms with E-state index in [0.29, 0.717) is 17.4 Å². The van der Waals surface area contributed by atoms with Crippen LogP contribution < -0.4 is 5.11 Å². The third-order valence-corrected chi connectivity index (χ3v) is 13.2. The highest BCUT2D eigenvalue weighted by Gasteiger charge is 2.22. The SMILES string of the molecule is CC/C=C\C/C=C\C/C=C\C/C=C\C/C=C\C/C=C\C/C=C\C/C=C\CCCCCCC(=O)OC(COC(=O)CCCCCCCCCCCCCCC/C=C\C/C=C\CCCCCCC)COC(OCC[N+](C)(C)C)C(=O)[O-]. The lowest BCUT2D eigenvalue weighted by molar-refractivity contribution is -0.870. The van der Waals surface area contributed by atoms with Crippen LogP contribution in [0.25, 0.3) is 0 Å². The van der Waals surface area contributed by atoms with E-state index < -0.39 is 24.3 Å². The highest BCUT2D eigenvalue weighted by atomic mass is 16.7. The van der Waals surface area contributed by atoms with Crippen LogP contribution in [0.3, 0.4) is 0 Å². The maximum Gasteiger partial charge on any atom is 0.306 e. The van der Waals surface area contributed by atoms with Crippen molar-refractivity contribution < 1.29 is 42.9 Å². The summed E-state index contributed by atoms with van der Waals surface area (Å²) in [6.45, 7) is 4.59. The molecule has 0 saturated carbocycles. The Hall–Kier alpha value is -4.31. The monoisotopic (exact) mass is 1100 g/mol. The molecule has 0 N–H and O–H groups in total. The number of quaternary nitrogens is 1. The van der Waals surface area contributed by atoms with Gasteiger partial charge < -0.3 is 33.3 Å². The summed E-state index contributed by atoms with van der Waals surface area (Å²) in [5.41, 5.74) is 0. The molecule has 0 bridgehead atoms. The van der Waals surface area contributed by atoms with Crippen LogP contribution in [0.1, 0.15) is 245 Å².